The van der Waals surface area contributed by atoms with E-state index in [-0.39, 0.29) is 0 Å². The van der Waals surface area contributed by atoms with Crippen LogP contribution in [-0.4, -0.2) is 14.8 Å². The van der Waals surface area contributed by atoms with Crippen LogP contribution in [0.2, 0.25) is 0 Å². The Labute approximate surface area is 328 Å². The maximum absolute atomic E-state index is 9.44. The summed E-state index contributed by atoms with van der Waals surface area (Å²) in [5.41, 5.74) is 14.1. The minimum Gasteiger partial charge on any atom is -0.309 e. The van der Waals surface area contributed by atoms with Gasteiger partial charge < -0.3 is 9.13 Å². The molecular formula is C52H35N3S. The zero-order valence-electron chi connectivity index (χ0n) is 30.7. The lowest BCUT2D eigenvalue weighted by atomic mass is 9.92. The highest BCUT2D eigenvalue weighted by atomic mass is 32.1. The Kier molecular flexibility index (Phi) is 7.41. The summed E-state index contributed by atoms with van der Waals surface area (Å²) in [6, 6.07) is 67.2. The third-order valence-corrected chi connectivity index (χ3v) is 12.4. The Morgan fingerprint density at radius 3 is 1.59 bits per heavy atom. The van der Waals surface area contributed by atoms with Gasteiger partial charge in [0.25, 0.3) is 0 Å². The van der Waals surface area contributed by atoms with Gasteiger partial charge in [0.15, 0.2) is 0 Å². The van der Waals surface area contributed by atoms with Crippen molar-refractivity contribution in [3.63, 3.8) is 0 Å². The number of aryl methyl sites for hydroxylation is 1. The fourth-order valence-electron chi connectivity index (χ4n) is 8.79. The Hall–Kier alpha value is -7.01. The van der Waals surface area contributed by atoms with Crippen LogP contribution in [0.3, 0.4) is 0 Å². The smallest absolute Gasteiger partial charge is 0.0690 e. The van der Waals surface area contributed by atoms with Gasteiger partial charge in [-0.3, -0.25) is 5.41 Å². The number of nitrogens with one attached hydrogen (secondary N) is 1. The van der Waals surface area contributed by atoms with Gasteiger partial charge in [-0.05, 0) is 90.3 Å². The molecule has 56 heavy (non-hydrogen) atoms. The Balaban J connectivity index is 0.987. The van der Waals surface area contributed by atoms with E-state index in [1.54, 1.807) is 0 Å². The minimum atomic E-state index is 0.526. The van der Waals surface area contributed by atoms with Gasteiger partial charge in [-0.1, -0.05) is 121 Å². The molecule has 1 N–H and O–H groups in total. The molecule has 0 unspecified atom stereocenters. The van der Waals surface area contributed by atoms with Crippen molar-refractivity contribution in [3.8, 4) is 33.6 Å². The predicted molar refractivity (Wildman–Crippen MR) is 238 cm³/mol. The van der Waals surface area contributed by atoms with Crippen LogP contribution < -0.4 is 0 Å². The second kappa shape index (κ2) is 12.8. The van der Waals surface area contributed by atoms with Crippen molar-refractivity contribution in [2.45, 2.75) is 6.92 Å². The summed E-state index contributed by atoms with van der Waals surface area (Å²) in [7, 11) is 0. The minimum absolute atomic E-state index is 0.526. The zero-order chi connectivity index (χ0) is 37.3. The quantitative estimate of drug-likeness (QED) is 0.165. The van der Waals surface area contributed by atoms with Crippen molar-refractivity contribution in [1.29, 1.82) is 5.41 Å². The highest BCUT2D eigenvalue weighted by Gasteiger charge is 2.19. The molecule has 0 aliphatic carbocycles. The molecule has 11 aromatic rings. The van der Waals surface area contributed by atoms with E-state index in [4.69, 9.17) is 0 Å². The van der Waals surface area contributed by atoms with Crippen molar-refractivity contribution in [1.82, 2.24) is 9.13 Å². The molecule has 0 spiro atoms. The van der Waals surface area contributed by atoms with Crippen LogP contribution >= 0.6 is 11.3 Å². The first-order valence-electron chi connectivity index (χ1n) is 19.0. The molecule has 264 valence electrons. The molecule has 4 heteroatoms. The molecule has 3 heterocycles. The molecule has 3 aromatic heterocycles. The van der Waals surface area contributed by atoms with Gasteiger partial charge >= 0.3 is 0 Å². The molecule has 11 rings (SSSR count). The van der Waals surface area contributed by atoms with Gasteiger partial charge in [-0.25, -0.2) is 0 Å². The zero-order valence-corrected chi connectivity index (χ0v) is 31.5. The van der Waals surface area contributed by atoms with Crippen molar-refractivity contribution in [3.05, 3.63) is 204 Å². The molecule has 0 aliphatic rings. The Morgan fingerprint density at radius 1 is 0.446 bits per heavy atom. The van der Waals surface area contributed by atoms with E-state index in [0.29, 0.717) is 5.71 Å². The lowest BCUT2D eigenvalue weighted by molar-refractivity contribution is 1.18. The number of para-hydroxylation sites is 3. The molecule has 8 aromatic carbocycles. The van der Waals surface area contributed by atoms with Crippen LogP contribution in [0, 0.1) is 12.3 Å². The second-order valence-corrected chi connectivity index (χ2v) is 15.8. The summed E-state index contributed by atoms with van der Waals surface area (Å²) in [4.78, 5) is 1.27. The van der Waals surface area contributed by atoms with E-state index in [1.807, 2.05) is 17.4 Å². The van der Waals surface area contributed by atoms with Crippen LogP contribution in [0.4, 0.5) is 0 Å². The molecule has 0 amide bonds. The van der Waals surface area contributed by atoms with E-state index in [2.05, 4.69) is 198 Å². The second-order valence-electron chi connectivity index (χ2n) is 14.5. The average molecular weight is 734 g/mol. The molecule has 0 saturated carbocycles. The van der Waals surface area contributed by atoms with Crippen molar-refractivity contribution >= 4 is 70.7 Å². The lowest BCUT2D eigenvalue weighted by Crippen LogP contribution is -2.04. The van der Waals surface area contributed by atoms with Crippen LogP contribution in [-0.2, 0) is 0 Å². The summed E-state index contributed by atoms with van der Waals surface area (Å²) >= 11 is 1.82. The summed E-state index contributed by atoms with van der Waals surface area (Å²) in [6.45, 7) is 2.19. The molecule has 0 aliphatic heterocycles. The van der Waals surface area contributed by atoms with Gasteiger partial charge in [0.1, 0.15) is 0 Å². The SMILES string of the molecule is Cc1sc2ccccc2c1-c1ccccc1C(=N)c1ccc(-n2c3ccccc3c3cc(-c4ccc5c(c4)c4ccccc4n5-c4ccccc4)ccc32)cc1. The van der Waals surface area contributed by atoms with Gasteiger partial charge in [-0.15, -0.1) is 11.3 Å². The molecular weight excluding hydrogens is 699 g/mol. The van der Waals surface area contributed by atoms with Gasteiger partial charge in [0, 0.05) is 64.6 Å². The fraction of sp³-hybridized carbons (Fsp3) is 0.0192. The van der Waals surface area contributed by atoms with Gasteiger partial charge in [-0.2, -0.15) is 0 Å². The van der Waals surface area contributed by atoms with E-state index in [9.17, 15) is 5.41 Å². The topological polar surface area (TPSA) is 33.7 Å². The predicted octanol–water partition coefficient (Wildman–Crippen LogP) is 14.2. The molecule has 0 atom stereocenters. The lowest BCUT2D eigenvalue weighted by Gasteiger charge is -2.13. The summed E-state index contributed by atoms with van der Waals surface area (Å²) in [5.74, 6) is 0. The van der Waals surface area contributed by atoms with Gasteiger partial charge in [0.05, 0.1) is 27.8 Å². The van der Waals surface area contributed by atoms with E-state index < -0.39 is 0 Å². The number of benzene rings is 8. The maximum Gasteiger partial charge on any atom is 0.0690 e. The molecule has 0 saturated heterocycles. The average Bonchev–Trinajstić information content (AvgIpc) is 3.89. The largest absolute Gasteiger partial charge is 0.309 e. The third-order valence-electron chi connectivity index (χ3n) is 11.3. The van der Waals surface area contributed by atoms with E-state index in [1.165, 1.54) is 64.2 Å². The number of aromatic nitrogens is 2. The molecule has 0 fully saturated rings. The van der Waals surface area contributed by atoms with E-state index in [0.717, 1.165) is 39.1 Å². The van der Waals surface area contributed by atoms with Crippen LogP contribution in [0.15, 0.2) is 188 Å². The first-order chi connectivity index (χ1) is 27.6. The Bertz CT molecular complexity index is 3320. The number of fused-ring (bicyclic) bond motifs is 7. The standard InChI is InChI=1S/C52H35N3S/c1-33-51(43-19-9-12-22-50(43)56-33)41-17-5-6-18-42(41)52(53)34-23-27-38(28-24-34)55-47-21-11-8-16-40(47)45-32-36(26-30-49(45)55)35-25-29-48-44(31-35)39-15-7-10-20-46(39)54(48)37-13-3-2-4-14-37/h2-32,53H,1H3. The first-order valence-corrected chi connectivity index (χ1v) is 19.8. The number of rotatable bonds is 6. The maximum atomic E-state index is 9.44. The van der Waals surface area contributed by atoms with Crippen molar-refractivity contribution in [2.75, 3.05) is 0 Å². The van der Waals surface area contributed by atoms with Crippen LogP contribution in [0.1, 0.15) is 16.0 Å². The number of thiophene rings is 1. The summed E-state index contributed by atoms with van der Waals surface area (Å²) in [6.07, 6.45) is 0. The first kappa shape index (κ1) is 32.4. The highest BCUT2D eigenvalue weighted by molar-refractivity contribution is 7.19. The van der Waals surface area contributed by atoms with Crippen molar-refractivity contribution in [2.24, 2.45) is 0 Å². The van der Waals surface area contributed by atoms with Gasteiger partial charge in [0.2, 0.25) is 0 Å². The Morgan fingerprint density at radius 2 is 0.946 bits per heavy atom. The van der Waals surface area contributed by atoms with Crippen LogP contribution in [0.25, 0.3) is 87.3 Å². The normalized spacial score (nSPS) is 11.7. The monoisotopic (exact) mass is 733 g/mol. The number of nitrogens with zero attached hydrogens (tertiary/aromatic N) is 2. The summed E-state index contributed by atoms with van der Waals surface area (Å²) < 4.78 is 5.99. The fourth-order valence-corrected chi connectivity index (χ4v) is 9.87. The highest BCUT2D eigenvalue weighted by Crippen LogP contribution is 2.41. The molecule has 0 bridgehead atoms. The summed E-state index contributed by atoms with van der Waals surface area (Å²) in [5, 5.41) is 15.6. The molecule has 3 nitrogen and oxygen atoms in total. The van der Waals surface area contributed by atoms with Crippen molar-refractivity contribution < 1.29 is 0 Å². The molecule has 0 radical (unpaired) electrons. The third kappa shape index (κ3) is 5.00. The number of hydrogen-bond acceptors (Lipinski definition) is 2. The number of hydrogen-bond donors (Lipinski definition) is 1. The van der Waals surface area contributed by atoms with Crippen LogP contribution in [0.5, 0.6) is 0 Å². The van der Waals surface area contributed by atoms with E-state index >= 15 is 0 Å².